The first-order valence-corrected chi connectivity index (χ1v) is 8.35. The van der Waals surface area contributed by atoms with Crippen LogP contribution in [0.4, 0.5) is 0 Å². The highest BCUT2D eigenvalue weighted by atomic mass is 16.5. The Balaban J connectivity index is 1.56. The van der Waals surface area contributed by atoms with Gasteiger partial charge in [0, 0.05) is 18.8 Å². The van der Waals surface area contributed by atoms with Crippen LogP contribution in [-0.4, -0.2) is 45.6 Å². The van der Waals surface area contributed by atoms with Gasteiger partial charge in [-0.2, -0.15) is 0 Å². The molecule has 7 nitrogen and oxygen atoms in total. The first-order chi connectivity index (χ1) is 12.5. The molecule has 0 radical (unpaired) electrons. The van der Waals surface area contributed by atoms with E-state index in [4.69, 9.17) is 9.47 Å². The minimum atomic E-state index is -1.15. The highest BCUT2D eigenvalue weighted by molar-refractivity contribution is 5.88. The van der Waals surface area contributed by atoms with Crippen LogP contribution in [0, 0.1) is 0 Å². The lowest BCUT2D eigenvalue weighted by Gasteiger charge is -2.31. The average Bonchev–Trinajstić information content (AvgIpc) is 3.05. The van der Waals surface area contributed by atoms with Gasteiger partial charge in [0.2, 0.25) is 5.88 Å². The largest absolute Gasteiger partial charge is 0.484 e. The monoisotopic (exact) mass is 356 g/mol. The molecular weight excluding hydrogens is 336 g/mol. The molecule has 0 bridgehead atoms. The third-order valence-corrected chi connectivity index (χ3v) is 4.45. The van der Waals surface area contributed by atoms with Gasteiger partial charge in [0.1, 0.15) is 17.0 Å². The van der Waals surface area contributed by atoms with E-state index in [1.54, 1.807) is 49.5 Å². The topological polar surface area (TPSA) is 89.0 Å². The van der Waals surface area contributed by atoms with E-state index in [9.17, 15) is 14.7 Å². The number of likely N-dealkylation sites (tertiary alicyclic amines) is 1. The highest BCUT2D eigenvalue weighted by Crippen LogP contribution is 2.29. The molecule has 136 valence electrons. The second kappa shape index (κ2) is 7.43. The number of pyridine rings is 1. The van der Waals surface area contributed by atoms with E-state index < -0.39 is 11.5 Å². The van der Waals surface area contributed by atoms with Gasteiger partial charge in [0.25, 0.3) is 5.91 Å². The zero-order valence-corrected chi connectivity index (χ0v) is 14.4. The number of carboxylic acid groups (broad SMARTS) is 1. The number of ether oxygens (including phenoxy) is 2. The van der Waals surface area contributed by atoms with Crippen molar-refractivity contribution in [2.24, 2.45) is 0 Å². The van der Waals surface area contributed by atoms with E-state index in [1.165, 1.54) is 4.90 Å². The van der Waals surface area contributed by atoms with Gasteiger partial charge in [-0.15, -0.1) is 0 Å². The molecule has 7 heteroatoms. The number of aliphatic carboxylic acids is 1. The molecule has 0 saturated carbocycles. The molecule has 1 atom stereocenters. The van der Waals surface area contributed by atoms with Crippen molar-refractivity contribution in [1.29, 1.82) is 0 Å². The van der Waals surface area contributed by atoms with Crippen molar-refractivity contribution in [3.05, 3.63) is 48.7 Å². The maximum atomic E-state index is 12.4. The Bertz CT molecular complexity index is 778. The normalized spacial score (nSPS) is 19.2. The summed E-state index contributed by atoms with van der Waals surface area (Å²) in [7, 11) is 0. The molecule has 0 aliphatic carbocycles. The Morgan fingerprint density at radius 3 is 2.58 bits per heavy atom. The van der Waals surface area contributed by atoms with Gasteiger partial charge in [0.15, 0.2) is 6.61 Å². The minimum absolute atomic E-state index is 0.205. The maximum Gasteiger partial charge on any atom is 0.329 e. The summed E-state index contributed by atoms with van der Waals surface area (Å²) in [5.41, 5.74) is -1.15. The molecule has 1 aromatic carbocycles. The fourth-order valence-electron chi connectivity index (χ4n) is 2.94. The molecule has 1 unspecified atom stereocenters. The first-order valence-electron chi connectivity index (χ1n) is 8.35. The van der Waals surface area contributed by atoms with Crippen molar-refractivity contribution in [1.82, 2.24) is 9.88 Å². The van der Waals surface area contributed by atoms with Crippen LogP contribution >= 0.6 is 0 Å². The summed E-state index contributed by atoms with van der Waals surface area (Å²) in [6.07, 6.45) is 2.77. The Labute approximate surface area is 151 Å². The number of nitrogens with zero attached hydrogens (tertiary/aromatic N) is 2. The van der Waals surface area contributed by atoms with Crippen molar-refractivity contribution >= 4 is 11.9 Å². The Morgan fingerprint density at radius 1 is 1.19 bits per heavy atom. The van der Waals surface area contributed by atoms with E-state index in [0.717, 1.165) is 0 Å². The van der Waals surface area contributed by atoms with E-state index >= 15 is 0 Å². The number of rotatable bonds is 6. The Hall–Kier alpha value is -3.09. The standard InChI is InChI=1S/C19H20N2O5/c1-19(18(23)24)10-4-12-21(19)17(22)13-25-14-6-8-15(9-7-14)26-16-5-2-3-11-20-16/h2-3,5-9,11H,4,10,12-13H2,1H3,(H,23,24). The van der Waals surface area contributed by atoms with Gasteiger partial charge in [-0.3, -0.25) is 4.79 Å². The lowest BCUT2D eigenvalue weighted by atomic mass is 9.99. The van der Waals surface area contributed by atoms with Crippen molar-refractivity contribution in [3.8, 4) is 17.4 Å². The van der Waals surface area contributed by atoms with Crippen LogP contribution in [-0.2, 0) is 9.59 Å². The van der Waals surface area contributed by atoms with Crippen LogP contribution in [0.1, 0.15) is 19.8 Å². The first kappa shape index (κ1) is 17.7. The van der Waals surface area contributed by atoms with Gasteiger partial charge in [-0.25, -0.2) is 9.78 Å². The Kier molecular flexibility index (Phi) is 5.06. The highest BCUT2D eigenvalue weighted by Gasteiger charge is 2.45. The van der Waals surface area contributed by atoms with Crippen molar-refractivity contribution in [3.63, 3.8) is 0 Å². The van der Waals surface area contributed by atoms with Crippen molar-refractivity contribution < 1.29 is 24.2 Å². The van der Waals surface area contributed by atoms with Gasteiger partial charge < -0.3 is 19.5 Å². The number of carbonyl (C=O) groups excluding carboxylic acids is 1. The number of carboxylic acids is 1. The maximum absolute atomic E-state index is 12.4. The molecule has 1 aliphatic rings. The number of benzene rings is 1. The lowest BCUT2D eigenvalue weighted by molar-refractivity contribution is -0.156. The van der Waals surface area contributed by atoms with E-state index in [2.05, 4.69) is 4.98 Å². The van der Waals surface area contributed by atoms with E-state index in [-0.39, 0.29) is 12.5 Å². The number of aromatic nitrogens is 1. The third-order valence-electron chi connectivity index (χ3n) is 4.45. The minimum Gasteiger partial charge on any atom is -0.484 e. The van der Waals surface area contributed by atoms with Crippen LogP contribution < -0.4 is 9.47 Å². The molecule has 3 rings (SSSR count). The zero-order chi connectivity index (χ0) is 18.6. The molecule has 1 saturated heterocycles. The fourth-order valence-corrected chi connectivity index (χ4v) is 2.94. The smallest absolute Gasteiger partial charge is 0.329 e. The molecule has 0 spiro atoms. The summed E-state index contributed by atoms with van der Waals surface area (Å²) < 4.78 is 11.1. The summed E-state index contributed by atoms with van der Waals surface area (Å²) in [5.74, 6) is 0.266. The Morgan fingerprint density at radius 2 is 1.92 bits per heavy atom. The summed E-state index contributed by atoms with van der Waals surface area (Å²) >= 11 is 0. The molecule has 1 N–H and O–H groups in total. The SMILES string of the molecule is CC1(C(=O)O)CCCN1C(=O)COc1ccc(Oc2ccccn2)cc1. The van der Waals surface area contributed by atoms with Crippen LogP contribution in [0.5, 0.6) is 17.4 Å². The summed E-state index contributed by atoms with van der Waals surface area (Å²) in [4.78, 5) is 29.3. The molecule has 26 heavy (non-hydrogen) atoms. The molecule has 1 fully saturated rings. The number of amides is 1. The molecule has 2 aromatic rings. The van der Waals surface area contributed by atoms with Gasteiger partial charge in [-0.1, -0.05) is 6.07 Å². The predicted molar refractivity (Wildman–Crippen MR) is 93.2 cm³/mol. The number of hydrogen-bond donors (Lipinski definition) is 1. The molecule has 1 aromatic heterocycles. The van der Waals surface area contributed by atoms with Crippen molar-refractivity contribution in [2.75, 3.05) is 13.2 Å². The lowest BCUT2D eigenvalue weighted by Crippen LogP contribution is -2.52. The quantitative estimate of drug-likeness (QED) is 0.856. The summed E-state index contributed by atoms with van der Waals surface area (Å²) in [6.45, 7) is 1.80. The zero-order valence-electron chi connectivity index (χ0n) is 14.4. The summed E-state index contributed by atoms with van der Waals surface area (Å²) in [6, 6.07) is 12.2. The molecule has 1 amide bonds. The van der Waals surface area contributed by atoms with Gasteiger partial charge in [0.05, 0.1) is 0 Å². The van der Waals surface area contributed by atoms with Crippen LogP contribution in [0.2, 0.25) is 0 Å². The van der Waals surface area contributed by atoms with Crippen LogP contribution in [0.3, 0.4) is 0 Å². The fraction of sp³-hybridized carbons (Fsp3) is 0.316. The van der Waals surface area contributed by atoms with E-state index in [0.29, 0.717) is 36.8 Å². The van der Waals surface area contributed by atoms with Crippen molar-refractivity contribution in [2.45, 2.75) is 25.3 Å². The second-order valence-electron chi connectivity index (χ2n) is 6.26. The number of hydrogen-bond acceptors (Lipinski definition) is 5. The predicted octanol–water partition coefficient (Wildman–Crippen LogP) is 2.72. The molecule has 1 aliphatic heterocycles. The van der Waals surface area contributed by atoms with Gasteiger partial charge >= 0.3 is 5.97 Å². The van der Waals surface area contributed by atoms with Gasteiger partial charge in [-0.05, 0) is 50.1 Å². The summed E-state index contributed by atoms with van der Waals surface area (Å²) in [5, 5.41) is 9.38. The molecular formula is C19H20N2O5. The average molecular weight is 356 g/mol. The third kappa shape index (κ3) is 3.77. The number of carbonyl (C=O) groups is 2. The van der Waals surface area contributed by atoms with Crippen LogP contribution in [0.15, 0.2) is 48.7 Å². The van der Waals surface area contributed by atoms with E-state index in [1.807, 2.05) is 6.07 Å². The van der Waals surface area contributed by atoms with Crippen LogP contribution in [0.25, 0.3) is 0 Å². The second-order valence-corrected chi connectivity index (χ2v) is 6.26. The molecule has 2 heterocycles.